The summed E-state index contributed by atoms with van der Waals surface area (Å²) in [6.45, 7) is 2.04. The molecule has 2 N–H and O–H groups in total. The van der Waals surface area contributed by atoms with Crippen LogP contribution in [-0.2, 0) is 0 Å². The molecule has 0 aliphatic rings. The molecule has 0 aliphatic heterocycles. The maximum absolute atomic E-state index is 12.7. The van der Waals surface area contributed by atoms with Crippen LogP contribution in [0.5, 0.6) is 5.75 Å². The van der Waals surface area contributed by atoms with Crippen molar-refractivity contribution in [3.05, 3.63) is 52.1 Å². The SMILES string of the molecule is CCC(NC(=O)c1sc2ccc(Cl)cc2c1OC)c1ccc[nH]1. The van der Waals surface area contributed by atoms with Gasteiger partial charge in [0.15, 0.2) is 0 Å². The fourth-order valence-electron chi connectivity index (χ4n) is 2.58. The normalized spacial score (nSPS) is 12.3. The number of carbonyl (C=O) groups excluding carboxylic acids is 1. The van der Waals surface area contributed by atoms with Gasteiger partial charge in [-0.3, -0.25) is 4.79 Å². The van der Waals surface area contributed by atoms with E-state index in [2.05, 4.69) is 10.3 Å². The first-order chi connectivity index (χ1) is 11.1. The average molecular weight is 349 g/mol. The standard InChI is InChI=1S/C17H17ClN2O2S/c1-3-12(13-5-4-8-19-13)20-17(21)16-15(22-2)11-9-10(18)6-7-14(11)23-16/h4-9,12,19H,3H2,1-2H3,(H,20,21). The Balaban J connectivity index is 1.94. The van der Waals surface area contributed by atoms with Crippen LogP contribution in [0.4, 0.5) is 0 Å². The number of ether oxygens (including phenoxy) is 1. The number of halogens is 1. The number of benzene rings is 1. The minimum absolute atomic E-state index is 0.0593. The Morgan fingerprint density at radius 1 is 1.43 bits per heavy atom. The van der Waals surface area contributed by atoms with Crippen molar-refractivity contribution < 1.29 is 9.53 Å². The second-order valence-corrected chi connectivity index (χ2v) is 6.65. The molecule has 0 saturated carbocycles. The lowest BCUT2D eigenvalue weighted by Gasteiger charge is -2.15. The average Bonchev–Trinajstić information content (AvgIpc) is 3.19. The van der Waals surface area contributed by atoms with E-state index in [1.54, 1.807) is 7.11 Å². The summed E-state index contributed by atoms with van der Waals surface area (Å²) in [4.78, 5) is 16.4. The van der Waals surface area contributed by atoms with E-state index in [4.69, 9.17) is 16.3 Å². The van der Waals surface area contributed by atoms with E-state index in [0.29, 0.717) is 15.6 Å². The number of hydrogen-bond donors (Lipinski definition) is 2. The molecule has 23 heavy (non-hydrogen) atoms. The third-order valence-corrected chi connectivity index (χ3v) is 5.11. The summed E-state index contributed by atoms with van der Waals surface area (Å²) in [6.07, 6.45) is 2.65. The number of carbonyl (C=O) groups is 1. The van der Waals surface area contributed by atoms with Crippen LogP contribution in [0.25, 0.3) is 10.1 Å². The lowest BCUT2D eigenvalue weighted by molar-refractivity contribution is 0.0936. The third-order valence-electron chi connectivity index (χ3n) is 3.73. The van der Waals surface area contributed by atoms with Crippen LogP contribution in [0, 0.1) is 0 Å². The van der Waals surface area contributed by atoms with Gasteiger partial charge in [0, 0.05) is 27.0 Å². The highest BCUT2D eigenvalue weighted by molar-refractivity contribution is 7.21. The Hall–Kier alpha value is -1.98. The molecule has 0 bridgehead atoms. The van der Waals surface area contributed by atoms with Gasteiger partial charge in [-0.1, -0.05) is 18.5 Å². The van der Waals surface area contributed by atoms with Crippen LogP contribution in [0.1, 0.15) is 34.8 Å². The maximum atomic E-state index is 12.7. The highest BCUT2D eigenvalue weighted by Crippen LogP contribution is 2.39. The molecule has 1 amide bonds. The van der Waals surface area contributed by atoms with Gasteiger partial charge < -0.3 is 15.0 Å². The number of amides is 1. The van der Waals surface area contributed by atoms with Crippen LogP contribution in [-0.4, -0.2) is 18.0 Å². The molecular weight excluding hydrogens is 332 g/mol. The van der Waals surface area contributed by atoms with E-state index in [9.17, 15) is 4.79 Å². The Kier molecular flexibility index (Phi) is 4.59. The Morgan fingerprint density at radius 3 is 2.91 bits per heavy atom. The summed E-state index contributed by atoms with van der Waals surface area (Å²) >= 11 is 7.46. The van der Waals surface area contributed by atoms with Crippen LogP contribution in [0.3, 0.4) is 0 Å². The van der Waals surface area contributed by atoms with Gasteiger partial charge in [0.2, 0.25) is 0 Å². The van der Waals surface area contributed by atoms with Crippen molar-refractivity contribution in [2.45, 2.75) is 19.4 Å². The molecule has 2 heterocycles. The van der Waals surface area contributed by atoms with E-state index in [1.807, 2.05) is 43.5 Å². The molecule has 4 nitrogen and oxygen atoms in total. The number of H-pyrrole nitrogens is 1. The number of methoxy groups -OCH3 is 1. The van der Waals surface area contributed by atoms with Gasteiger partial charge in [-0.05, 0) is 36.8 Å². The quantitative estimate of drug-likeness (QED) is 0.697. The maximum Gasteiger partial charge on any atom is 0.265 e. The summed E-state index contributed by atoms with van der Waals surface area (Å²) in [6, 6.07) is 9.38. The smallest absolute Gasteiger partial charge is 0.265 e. The number of hydrogen-bond acceptors (Lipinski definition) is 3. The van der Waals surface area contributed by atoms with Crippen molar-refractivity contribution in [2.24, 2.45) is 0 Å². The van der Waals surface area contributed by atoms with Crippen molar-refractivity contribution in [1.29, 1.82) is 0 Å². The first kappa shape index (κ1) is 15.9. The summed E-state index contributed by atoms with van der Waals surface area (Å²) < 4.78 is 6.44. The van der Waals surface area contributed by atoms with Crippen LogP contribution in [0.15, 0.2) is 36.5 Å². The van der Waals surface area contributed by atoms with Gasteiger partial charge in [0.25, 0.3) is 5.91 Å². The highest BCUT2D eigenvalue weighted by Gasteiger charge is 2.22. The number of aromatic nitrogens is 1. The lowest BCUT2D eigenvalue weighted by Crippen LogP contribution is -2.28. The second kappa shape index (κ2) is 6.64. The van der Waals surface area contributed by atoms with Crippen LogP contribution < -0.4 is 10.1 Å². The van der Waals surface area contributed by atoms with Gasteiger partial charge >= 0.3 is 0 Å². The zero-order valence-corrected chi connectivity index (χ0v) is 14.4. The zero-order chi connectivity index (χ0) is 16.4. The summed E-state index contributed by atoms with van der Waals surface area (Å²) in [5.74, 6) is 0.437. The van der Waals surface area contributed by atoms with E-state index < -0.39 is 0 Å². The molecule has 0 fully saturated rings. The Morgan fingerprint density at radius 2 is 2.26 bits per heavy atom. The minimum Gasteiger partial charge on any atom is -0.494 e. The van der Waals surface area contributed by atoms with Crippen molar-refractivity contribution in [3.63, 3.8) is 0 Å². The van der Waals surface area contributed by atoms with E-state index in [0.717, 1.165) is 22.2 Å². The van der Waals surface area contributed by atoms with E-state index >= 15 is 0 Å². The fourth-order valence-corrected chi connectivity index (χ4v) is 3.81. The van der Waals surface area contributed by atoms with Crippen molar-refractivity contribution in [2.75, 3.05) is 7.11 Å². The Labute approximate surface area is 143 Å². The molecule has 120 valence electrons. The van der Waals surface area contributed by atoms with Crippen LogP contribution >= 0.6 is 22.9 Å². The van der Waals surface area contributed by atoms with E-state index in [1.165, 1.54) is 11.3 Å². The molecule has 0 aliphatic carbocycles. The number of fused-ring (bicyclic) bond motifs is 1. The first-order valence-corrected chi connectivity index (χ1v) is 8.53. The van der Waals surface area contributed by atoms with Gasteiger partial charge in [-0.2, -0.15) is 0 Å². The number of aromatic amines is 1. The summed E-state index contributed by atoms with van der Waals surface area (Å²) in [5.41, 5.74) is 0.990. The molecule has 0 spiro atoms. The van der Waals surface area contributed by atoms with Gasteiger partial charge in [-0.15, -0.1) is 11.3 Å². The lowest BCUT2D eigenvalue weighted by atomic mass is 10.1. The number of thiophene rings is 1. The van der Waals surface area contributed by atoms with Gasteiger partial charge in [0.1, 0.15) is 10.6 Å². The molecule has 2 aromatic heterocycles. The van der Waals surface area contributed by atoms with Crippen LogP contribution in [0.2, 0.25) is 5.02 Å². The molecule has 3 rings (SSSR count). The molecule has 3 aromatic rings. The Bertz CT molecular complexity index is 827. The molecule has 6 heteroatoms. The van der Waals surface area contributed by atoms with Crippen molar-refractivity contribution >= 4 is 38.9 Å². The van der Waals surface area contributed by atoms with Gasteiger partial charge in [-0.25, -0.2) is 0 Å². The highest BCUT2D eigenvalue weighted by atomic mass is 35.5. The van der Waals surface area contributed by atoms with Gasteiger partial charge in [0.05, 0.1) is 13.2 Å². The fraction of sp³-hybridized carbons (Fsp3) is 0.235. The molecule has 1 aromatic carbocycles. The number of nitrogens with one attached hydrogen (secondary N) is 2. The van der Waals surface area contributed by atoms with Crippen molar-refractivity contribution in [3.8, 4) is 5.75 Å². The predicted molar refractivity (Wildman–Crippen MR) is 94.7 cm³/mol. The summed E-state index contributed by atoms with van der Waals surface area (Å²) in [7, 11) is 1.57. The van der Waals surface area contributed by atoms with Crippen molar-refractivity contribution in [1.82, 2.24) is 10.3 Å². The second-order valence-electron chi connectivity index (χ2n) is 5.16. The molecule has 1 atom stereocenters. The molecule has 0 radical (unpaired) electrons. The predicted octanol–water partition coefficient (Wildman–Crippen LogP) is 4.77. The van der Waals surface area contributed by atoms with E-state index in [-0.39, 0.29) is 11.9 Å². The molecular formula is C17H17ClN2O2S. The third kappa shape index (κ3) is 3.07. The largest absolute Gasteiger partial charge is 0.494 e. The molecule has 0 saturated heterocycles. The zero-order valence-electron chi connectivity index (χ0n) is 12.9. The first-order valence-electron chi connectivity index (χ1n) is 7.34. The summed E-state index contributed by atoms with van der Waals surface area (Å²) in [5, 5.41) is 4.55. The minimum atomic E-state index is -0.138. The molecule has 1 unspecified atom stereocenters. The number of rotatable bonds is 5. The topological polar surface area (TPSA) is 54.1 Å². The monoisotopic (exact) mass is 348 g/mol.